The molecule has 2 heterocycles. The van der Waals surface area contributed by atoms with Crippen LogP contribution in [-0.4, -0.2) is 55.0 Å². The summed E-state index contributed by atoms with van der Waals surface area (Å²) in [7, 11) is 3.04. The molecule has 7 nitrogen and oxygen atoms in total. The maximum atomic E-state index is 13.0. The molecule has 0 spiro atoms. The molecule has 0 unspecified atom stereocenters. The van der Waals surface area contributed by atoms with E-state index in [4.69, 9.17) is 9.47 Å². The van der Waals surface area contributed by atoms with E-state index < -0.39 is 0 Å². The normalized spacial score (nSPS) is 16.6. The van der Waals surface area contributed by atoms with Crippen molar-refractivity contribution in [3.63, 3.8) is 0 Å². The molecule has 0 atom stereocenters. The Labute approximate surface area is 182 Å². The maximum Gasteiger partial charge on any atom is 0.259 e. The SMILES string of the molecule is COc1ccc(C(=O)N2CCC(Cc3ccc(C(=O)NC4CC4)cc3)CC2)c(OC)n1. The van der Waals surface area contributed by atoms with Crippen molar-refractivity contribution in [1.29, 1.82) is 0 Å². The largest absolute Gasteiger partial charge is 0.481 e. The third-order valence-electron chi connectivity index (χ3n) is 6.02. The molecule has 0 radical (unpaired) electrons. The number of aromatic nitrogens is 1. The molecule has 2 aliphatic rings. The second kappa shape index (κ2) is 9.37. The molecule has 164 valence electrons. The Balaban J connectivity index is 1.30. The van der Waals surface area contributed by atoms with Gasteiger partial charge in [0.15, 0.2) is 0 Å². The third kappa shape index (κ3) is 5.16. The van der Waals surface area contributed by atoms with Crippen molar-refractivity contribution >= 4 is 11.8 Å². The van der Waals surface area contributed by atoms with Crippen molar-refractivity contribution in [2.24, 2.45) is 5.92 Å². The van der Waals surface area contributed by atoms with Crippen molar-refractivity contribution in [3.8, 4) is 11.8 Å². The van der Waals surface area contributed by atoms with E-state index in [-0.39, 0.29) is 17.7 Å². The van der Waals surface area contributed by atoms with Crippen molar-refractivity contribution in [3.05, 3.63) is 53.1 Å². The fourth-order valence-corrected chi connectivity index (χ4v) is 3.99. The molecule has 1 aromatic carbocycles. The average Bonchev–Trinajstić information content (AvgIpc) is 3.63. The van der Waals surface area contributed by atoms with Crippen LogP contribution in [0.4, 0.5) is 0 Å². The first-order chi connectivity index (χ1) is 15.1. The summed E-state index contributed by atoms with van der Waals surface area (Å²) in [5.41, 5.74) is 2.41. The number of nitrogens with zero attached hydrogens (tertiary/aromatic N) is 2. The Kier molecular flexibility index (Phi) is 6.39. The molecule has 7 heteroatoms. The lowest BCUT2D eigenvalue weighted by molar-refractivity contribution is 0.0686. The van der Waals surface area contributed by atoms with Gasteiger partial charge in [-0.2, -0.15) is 4.98 Å². The van der Waals surface area contributed by atoms with Crippen LogP contribution in [0.5, 0.6) is 11.8 Å². The highest BCUT2D eigenvalue weighted by molar-refractivity contribution is 5.96. The number of hydrogen-bond donors (Lipinski definition) is 1. The third-order valence-corrected chi connectivity index (χ3v) is 6.02. The summed E-state index contributed by atoms with van der Waals surface area (Å²) in [5, 5.41) is 3.02. The van der Waals surface area contributed by atoms with Gasteiger partial charge in [-0.25, -0.2) is 0 Å². The van der Waals surface area contributed by atoms with Gasteiger partial charge < -0.3 is 19.7 Å². The highest BCUT2D eigenvalue weighted by Gasteiger charge is 2.27. The number of pyridine rings is 1. The first-order valence-electron chi connectivity index (χ1n) is 10.9. The smallest absolute Gasteiger partial charge is 0.259 e. The Morgan fingerprint density at radius 1 is 1.00 bits per heavy atom. The van der Waals surface area contributed by atoms with Crippen molar-refractivity contribution in [1.82, 2.24) is 15.2 Å². The van der Waals surface area contributed by atoms with Crippen LogP contribution in [-0.2, 0) is 6.42 Å². The number of nitrogens with one attached hydrogen (secondary N) is 1. The number of likely N-dealkylation sites (tertiary alicyclic amines) is 1. The Bertz CT molecular complexity index is 932. The van der Waals surface area contributed by atoms with E-state index in [0.717, 1.165) is 37.7 Å². The lowest BCUT2D eigenvalue weighted by Crippen LogP contribution is -2.39. The van der Waals surface area contributed by atoms with Gasteiger partial charge in [-0.1, -0.05) is 12.1 Å². The highest BCUT2D eigenvalue weighted by atomic mass is 16.5. The molecule has 1 saturated carbocycles. The van der Waals surface area contributed by atoms with E-state index in [0.29, 0.717) is 36.5 Å². The van der Waals surface area contributed by atoms with E-state index in [9.17, 15) is 9.59 Å². The van der Waals surface area contributed by atoms with Crippen LogP contribution in [0.15, 0.2) is 36.4 Å². The number of hydrogen-bond acceptors (Lipinski definition) is 5. The second-order valence-corrected chi connectivity index (χ2v) is 8.29. The lowest BCUT2D eigenvalue weighted by atomic mass is 9.89. The maximum absolute atomic E-state index is 13.0. The van der Waals surface area contributed by atoms with Gasteiger partial charge in [-0.3, -0.25) is 9.59 Å². The number of carbonyl (C=O) groups excluding carboxylic acids is 2. The van der Waals surface area contributed by atoms with Crippen LogP contribution in [0.1, 0.15) is 52.0 Å². The zero-order valence-corrected chi connectivity index (χ0v) is 18.1. The summed E-state index contributed by atoms with van der Waals surface area (Å²) in [5.74, 6) is 1.19. The van der Waals surface area contributed by atoms with Gasteiger partial charge in [0.05, 0.1) is 14.2 Å². The number of rotatable bonds is 7. The van der Waals surface area contributed by atoms with Crippen LogP contribution in [0, 0.1) is 5.92 Å². The second-order valence-electron chi connectivity index (χ2n) is 8.29. The lowest BCUT2D eigenvalue weighted by Gasteiger charge is -2.32. The Morgan fingerprint density at radius 3 is 2.32 bits per heavy atom. The van der Waals surface area contributed by atoms with Crippen LogP contribution >= 0.6 is 0 Å². The molecular weight excluding hydrogens is 394 g/mol. The van der Waals surface area contributed by atoms with E-state index in [1.54, 1.807) is 12.1 Å². The van der Waals surface area contributed by atoms with Crippen molar-refractivity contribution < 1.29 is 19.1 Å². The molecule has 1 aliphatic carbocycles. The zero-order chi connectivity index (χ0) is 21.8. The number of benzene rings is 1. The molecule has 31 heavy (non-hydrogen) atoms. The molecule has 2 aromatic rings. The standard InChI is InChI=1S/C24H29N3O4/c1-30-21-10-9-20(23(26-21)31-2)24(29)27-13-11-17(12-14-27)15-16-3-5-18(6-4-16)22(28)25-19-7-8-19/h3-6,9-10,17,19H,7-8,11-15H2,1-2H3,(H,25,28). The Morgan fingerprint density at radius 2 is 1.71 bits per heavy atom. The molecule has 1 N–H and O–H groups in total. The van der Waals surface area contributed by atoms with Crippen LogP contribution in [0.2, 0.25) is 0 Å². The summed E-state index contributed by atoms with van der Waals surface area (Å²) in [4.78, 5) is 31.2. The minimum Gasteiger partial charge on any atom is -0.481 e. The molecule has 2 fully saturated rings. The van der Waals surface area contributed by atoms with Crippen LogP contribution in [0.3, 0.4) is 0 Å². The first kappa shape index (κ1) is 21.2. The summed E-state index contributed by atoms with van der Waals surface area (Å²) in [6.07, 6.45) is 5.03. The molecule has 4 rings (SSSR count). The van der Waals surface area contributed by atoms with Gasteiger partial charge in [0.25, 0.3) is 11.8 Å². The van der Waals surface area contributed by atoms with E-state index in [2.05, 4.69) is 10.3 Å². The number of ether oxygens (including phenoxy) is 2. The highest BCUT2D eigenvalue weighted by Crippen LogP contribution is 2.26. The number of methoxy groups -OCH3 is 2. The van der Waals surface area contributed by atoms with Crippen LogP contribution in [0.25, 0.3) is 0 Å². The number of piperidine rings is 1. The summed E-state index contributed by atoms with van der Waals surface area (Å²) in [6.45, 7) is 1.42. The summed E-state index contributed by atoms with van der Waals surface area (Å²) in [6, 6.07) is 11.7. The molecule has 1 aromatic heterocycles. The van der Waals surface area contributed by atoms with E-state index in [1.165, 1.54) is 19.8 Å². The van der Waals surface area contributed by atoms with Gasteiger partial charge in [0.2, 0.25) is 11.8 Å². The predicted molar refractivity (Wildman–Crippen MR) is 117 cm³/mol. The van der Waals surface area contributed by atoms with E-state index in [1.807, 2.05) is 29.2 Å². The molecular formula is C24H29N3O4. The summed E-state index contributed by atoms with van der Waals surface area (Å²) >= 11 is 0. The number of amides is 2. The predicted octanol–water partition coefficient (Wildman–Crippen LogP) is 3.09. The monoisotopic (exact) mass is 423 g/mol. The van der Waals surface area contributed by atoms with Crippen molar-refractivity contribution in [2.45, 2.75) is 38.1 Å². The van der Waals surface area contributed by atoms with Gasteiger partial charge in [-0.15, -0.1) is 0 Å². The number of carbonyl (C=O) groups is 2. The minimum atomic E-state index is -0.0588. The minimum absolute atomic E-state index is 0.0179. The zero-order valence-electron chi connectivity index (χ0n) is 18.1. The fourth-order valence-electron chi connectivity index (χ4n) is 3.99. The summed E-state index contributed by atoms with van der Waals surface area (Å²) < 4.78 is 10.4. The topological polar surface area (TPSA) is 80.8 Å². The van der Waals surface area contributed by atoms with Gasteiger partial charge in [0, 0.05) is 30.8 Å². The van der Waals surface area contributed by atoms with Gasteiger partial charge >= 0.3 is 0 Å². The molecule has 2 amide bonds. The Hall–Kier alpha value is -3.09. The first-order valence-corrected chi connectivity index (χ1v) is 10.9. The van der Waals surface area contributed by atoms with Crippen molar-refractivity contribution in [2.75, 3.05) is 27.3 Å². The molecule has 1 aliphatic heterocycles. The van der Waals surface area contributed by atoms with Gasteiger partial charge in [0.1, 0.15) is 5.56 Å². The van der Waals surface area contributed by atoms with E-state index >= 15 is 0 Å². The fraction of sp³-hybridized carbons (Fsp3) is 0.458. The van der Waals surface area contributed by atoms with Gasteiger partial charge in [-0.05, 0) is 61.8 Å². The quantitative estimate of drug-likeness (QED) is 0.740. The van der Waals surface area contributed by atoms with Crippen LogP contribution < -0.4 is 14.8 Å². The molecule has 0 bridgehead atoms. The average molecular weight is 424 g/mol. The molecule has 1 saturated heterocycles.